The average Bonchev–Trinajstić information content (AvgIpc) is 2.53. The van der Waals surface area contributed by atoms with Gasteiger partial charge in [-0.1, -0.05) is 19.4 Å². The molecule has 1 aliphatic heterocycles. The van der Waals surface area contributed by atoms with Crippen LogP contribution >= 0.6 is 0 Å². The van der Waals surface area contributed by atoms with E-state index in [2.05, 4.69) is 6.92 Å². The summed E-state index contributed by atoms with van der Waals surface area (Å²) in [7, 11) is 0. The second-order valence-electron chi connectivity index (χ2n) is 4.08. The Morgan fingerprint density at radius 1 is 1.47 bits per heavy atom. The summed E-state index contributed by atoms with van der Waals surface area (Å²) in [5, 5.41) is 0. The number of aryl methyl sites for hydroxylation is 1. The first-order chi connectivity index (χ1) is 7.15. The van der Waals surface area contributed by atoms with Gasteiger partial charge in [0.25, 0.3) is 0 Å². The molecule has 2 N–H and O–H groups in total. The Morgan fingerprint density at radius 2 is 2.20 bits per heavy atom. The first-order valence-corrected chi connectivity index (χ1v) is 5.36. The maximum absolute atomic E-state index is 13.6. The highest BCUT2D eigenvalue weighted by atomic mass is 19.1. The maximum Gasteiger partial charge on any atom is 0.131 e. The van der Waals surface area contributed by atoms with E-state index in [-0.39, 0.29) is 18.0 Å². The molecule has 0 aromatic heterocycles. The van der Waals surface area contributed by atoms with Crippen molar-refractivity contribution in [2.24, 2.45) is 5.73 Å². The third-order valence-electron chi connectivity index (χ3n) is 2.92. The zero-order chi connectivity index (χ0) is 11.0. The van der Waals surface area contributed by atoms with Crippen LogP contribution in [0, 0.1) is 12.7 Å². The highest BCUT2D eigenvalue weighted by Gasteiger charge is 2.34. The summed E-state index contributed by atoms with van der Waals surface area (Å²) in [6.45, 7) is 3.99. The number of hydrogen-bond donors (Lipinski definition) is 1. The molecular formula is C12H16FNO. The third-order valence-corrected chi connectivity index (χ3v) is 2.92. The Labute approximate surface area is 89.2 Å². The highest BCUT2D eigenvalue weighted by Crippen LogP contribution is 2.40. The zero-order valence-corrected chi connectivity index (χ0v) is 9.09. The number of halogens is 1. The first-order valence-electron chi connectivity index (χ1n) is 5.36. The van der Waals surface area contributed by atoms with E-state index in [0.717, 1.165) is 18.4 Å². The van der Waals surface area contributed by atoms with E-state index < -0.39 is 0 Å². The van der Waals surface area contributed by atoms with Crippen LogP contribution < -0.4 is 10.5 Å². The van der Waals surface area contributed by atoms with Crippen molar-refractivity contribution in [1.29, 1.82) is 0 Å². The molecule has 0 saturated carbocycles. The van der Waals surface area contributed by atoms with E-state index >= 15 is 0 Å². The molecule has 2 nitrogen and oxygen atoms in total. The molecule has 0 bridgehead atoms. The van der Waals surface area contributed by atoms with Crippen molar-refractivity contribution >= 4 is 0 Å². The fraction of sp³-hybridized carbons (Fsp3) is 0.500. The Hall–Kier alpha value is -1.09. The molecule has 82 valence electrons. The minimum absolute atomic E-state index is 0.0689. The topological polar surface area (TPSA) is 35.2 Å². The fourth-order valence-electron chi connectivity index (χ4n) is 2.09. The molecule has 0 radical (unpaired) electrons. The van der Waals surface area contributed by atoms with Gasteiger partial charge in [0.15, 0.2) is 0 Å². The van der Waals surface area contributed by atoms with Gasteiger partial charge in [0, 0.05) is 0 Å². The normalized spacial score (nSPS) is 23.7. The van der Waals surface area contributed by atoms with Crippen molar-refractivity contribution in [1.82, 2.24) is 0 Å². The van der Waals surface area contributed by atoms with Gasteiger partial charge in [-0.15, -0.1) is 0 Å². The van der Waals surface area contributed by atoms with Crippen molar-refractivity contribution in [3.8, 4) is 5.75 Å². The summed E-state index contributed by atoms with van der Waals surface area (Å²) in [5.41, 5.74) is 7.49. The molecule has 2 unspecified atom stereocenters. The predicted octanol–water partition coefficient (Wildman–Crippen LogP) is 2.70. The summed E-state index contributed by atoms with van der Waals surface area (Å²) in [6, 6.07) is 2.88. The van der Waals surface area contributed by atoms with Gasteiger partial charge >= 0.3 is 0 Å². The van der Waals surface area contributed by atoms with Crippen molar-refractivity contribution in [3.05, 3.63) is 29.1 Å². The molecule has 3 heteroatoms. The molecular weight excluding hydrogens is 193 g/mol. The van der Waals surface area contributed by atoms with Crippen LogP contribution in [-0.4, -0.2) is 6.10 Å². The SMILES string of the molecule is CCCC1Oc2c(C)ccc(F)c2C1N. The quantitative estimate of drug-likeness (QED) is 0.812. The number of hydrogen-bond acceptors (Lipinski definition) is 2. The van der Waals surface area contributed by atoms with E-state index in [1.165, 1.54) is 6.07 Å². The lowest BCUT2D eigenvalue weighted by molar-refractivity contribution is 0.193. The van der Waals surface area contributed by atoms with Gasteiger partial charge in [0.1, 0.15) is 17.7 Å². The predicted molar refractivity (Wildman–Crippen MR) is 57.4 cm³/mol. The van der Waals surface area contributed by atoms with Crippen LogP contribution in [0.15, 0.2) is 12.1 Å². The van der Waals surface area contributed by atoms with Crippen LogP contribution in [0.4, 0.5) is 4.39 Å². The summed E-state index contributed by atoms with van der Waals surface area (Å²) >= 11 is 0. The Kier molecular flexibility index (Phi) is 2.65. The smallest absolute Gasteiger partial charge is 0.131 e. The van der Waals surface area contributed by atoms with E-state index in [0.29, 0.717) is 11.3 Å². The minimum Gasteiger partial charge on any atom is -0.488 e. The monoisotopic (exact) mass is 209 g/mol. The largest absolute Gasteiger partial charge is 0.488 e. The van der Waals surface area contributed by atoms with Gasteiger partial charge in [-0.3, -0.25) is 0 Å². The summed E-state index contributed by atoms with van der Waals surface area (Å²) in [5.74, 6) is 0.405. The van der Waals surface area contributed by atoms with Crippen molar-refractivity contribution in [2.75, 3.05) is 0 Å². The number of fused-ring (bicyclic) bond motifs is 1. The lowest BCUT2D eigenvalue weighted by atomic mass is 10.00. The molecule has 0 amide bonds. The number of rotatable bonds is 2. The Bertz CT molecular complexity index is 378. The standard InChI is InChI=1S/C12H16FNO/c1-3-4-9-11(14)10-8(13)6-5-7(2)12(10)15-9/h5-6,9,11H,3-4,14H2,1-2H3. The van der Waals surface area contributed by atoms with E-state index in [1.54, 1.807) is 6.07 Å². The molecule has 1 aliphatic rings. The molecule has 2 atom stereocenters. The van der Waals surface area contributed by atoms with Crippen LogP contribution in [0.5, 0.6) is 5.75 Å². The minimum atomic E-state index is -0.320. The molecule has 1 aromatic rings. The molecule has 1 aromatic carbocycles. The van der Waals surface area contributed by atoms with Crippen LogP contribution in [0.2, 0.25) is 0 Å². The highest BCUT2D eigenvalue weighted by molar-refractivity contribution is 5.47. The van der Waals surface area contributed by atoms with Gasteiger partial charge in [-0.05, 0) is 25.0 Å². The molecule has 0 aliphatic carbocycles. The molecule has 15 heavy (non-hydrogen) atoms. The average molecular weight is 209 g/mol. The number of nitrogens with two attached hydrogens (primary N) is 1. The second kappa shape index (κ2) is 3.81. The third kappa shape index (κ3) is 1.61. The second-order valence-corrected chi connectivity index (χ2v) is 4.08. The molecule has 0 spiro atoms. The number of benzene rings is 1. The van der Waals surface area contributed by atoms with E-state index in [9.17, 15) is 4.39 Å². The first kappa shape index (κ1) is 10.4. The van der Waals surface area contributed by atoms with Gasteiger partial charge in [0.05, 0.1) is 11.6 Å². The van der Waals surface area contributed by atoms with Gasteiger partial charge in [-0.25, -0.2) is 4.39 Å². The summed E-state index contributed by atoms with van der Waals surface area (Å²) < 4.78 is 19.3. The molecule has 1 heterocycles. The number of ether oxygens (including phenoxy) is 1. The fourth-order valence-corrected chi connectivity index (χ4v) is 2.09. The summed E-state index contributed by atoms with van der Waals surface area (Å²) in [6.07, 6.45) is 1.79. The van der Waals surface area contributed by atoms with Gasteiger partial charge in [-0.2, -0.15) is 0 Å². The van der Waals surface area contributed by atoms with E-state index in [1.807, 2.05) is 6.92 Å². The lowest BCUT2D eigenvalue weighted by Crippen LogP contribution is -2.25. The summed E-state index contributed by atoms with van der Waals surface area (Å²) in [4.78, 5) is 0. The Balaban J connectivity index is 2.40. The van der Waals surface area contributed by atoms with Crippen molar-refractivity contribution in [3.63, 3.8) is 0 Å². The Morgan fingerprint density at radius 3 is 2.80 bits per heavy atom. The van der Waals surface area contributed by atoms with Crippen molar-refractivity contribution in [2.45, 2.75) is 38.8 Å². The zero-order valence-electron chi connectivity index (χ0n) is 9.09. The lowest BCUT2D eigenvalue weighted by Gasteiger charge is -2.13. The van der Waals surface area contributed by atoms with Gasteiger partial charge in [0.2, 0.25) is 0 Å². The molecule has 2 rings (SSSR count). The van der Waals surface area contributed by atoms with Gasteiger partial charge < -0.3 is 10.5 Å². The van der Waals surface area contributed by atoms with E-state index in [4.69, 9.17) is 10.5 Å². The van der Waals surface area contributed by atoms with Crippen LogP contribution in [-0.2, 0) is 0 Å². The molecule has 0 saturated heterocycles. The molecule has 0 fully saturated rings. The maximum atomic E-state index is 13.6. The van der Waals surface area contributed by atoms with Crippen LogP contribution in [0.1, 0.15) is 36.9 Å². The van der Waals surface area contributed by atoms with Crippen LogP contribution in [0.3, 0.4) is 0 Å². The van der Waals surface area contributed by atoms with Crippen LogP contribution in [0.25, 0.3) is 0 Å². The van der Waals surface area contributed by atoms with Crippen molar-refractivity contribution < 1.29 is 9.13 Å².